The van der Waals surface area contributed by atoms with Crippen LogP contribution in [0.2, 0.25) is 0 Å². The van der Waals surface area contributed by atoms with Crippen molar-refractivity contribution in [2.24, 2.45) is 5.92 Å². The number of fused-ring (bicyclic) bond motifs is 2. The molecule has 1 amide bonds. The van der Waals surface area contributed by atoms with Crippen LogP contribution < -0.4 is 15.0 Å². The van der Waals surface area contributed by atoms with Gasteiger partial charge >= 0.3 is 7.82 Å². The monoisotopic (exact) mass is 557 g/mol. The first-order chi connectivity index (χ1) is 18.7. The van der Waals surface area contributed by atoms with E-state index in [0.29, 0.717) is 17.8 Å². The second-order valence-electron chi connectivity index (χ2n) is 10.4. The maximum atomic E-state index is 13.4. The SMILES string of the molecule is CCOP(=O)(OCC)OCC1CCN(c2cc3c(cc2NC(=O)c2cnn4cccnc24)CC(C)(C)O3)CC1. The lowest BCUT2D eigenvalue weighted by Crippen LogP contribution is -2.35. The zero-order chi connectivity index (χ0) is 27.6. The molecule has 11 nitrogen and oxygen atoms in total. The number of phosphoric ester groups is 1. The highest BCUT2D eigenvalue weighted by Gasteiger charge is 2.33. The number of benzene rings is 1. The van der Waals surface area contributed by atoms with Gasteiger partial charge in [0, 0.05) is 43.5 Å². The van der Waals surface area contributed by atoms with Crippen LogP contribution in [0.15, 0.2) is 36.8 Å². The molecule has 0 bridgehead atoms. The number of amides is 1. The molecule has 0 radical (unpaired) electrons. The number of anilines is 2. The number of nitrogens with zero attached hydrogens (tertiary/aromatic N) is 4. The minimum Gasteiger partial charge on any atom is -0.487 e. The summed E-state index contributed by atoms with van der Waals surface area (Å²) >= 11 is 0. The Kier molecular flexibility index (Phi) is 7.96. The van der Waals surface area contributed by atoms with E-state index in [4.69, 9.17) is 18.3 Å². The van der Waals surface area contributed by atoms with Crippen LogP contribution in [0.5, 0.6) is 5.75 Å². The predicted molar refractivity (Wildman–Crippen MR) is 148 cm³/mol. The number of piperidine rings is 1. The first kappa shape index (κ1) is 27.6. The molecule has 210 valence electrons. The van der Waals surface area contributed by atoms with Gasteiger partial charge in [-0.3, -0.25) is 18.4 Å². The Morgan fingerprint density at radius 3 is 2.64 bits per heavy atom. The number of ether oxygens (including phenoxy) is 1. The van der Waals surface area contributed by atoms with Gasteiger partial charge in [0.15, 0.2) is 5.65 Å². The summed E-state index contributed by atoms with van der Waals surface area (Å²) < 4.78 is 36.6. The van der Waals surface area contributed by atoms with E-state index in [9.17, 15) is 9.36 Å². The van der Waals surface area contributed by atoms with E-state index < -0.39 is 7.82 Å². The number of hydrogen-bond donors (Lipinski definition) is 1. The topological polar surface area (TPSA) is 117 Å². The van der Waals surface area contributed by atoms with Crippen molar-refractivity contribution < 1.29 is 27.7 Å². The van der Waals surface area contributed by atoms with E-state index in [1.54, 1.807) is 36.8 Å². The third-order valence-electron chi connectivity index (χ3n) is 6.95. The molecule has 0 spiro atoms. The summed E-state index contributed by atoms with van der Waals surface area (Å²) in [5.41, 5.74) is 3.28. The first-order valence-electron chi connectivity index (χ1n) is 13.4. The highest BCUT2D eigenvalue weighted by atomic mass is 31.2. The number of hydrogen-bond acceptors (Lipinski definition) is 9. The van der Waals surface area contributed by atoms with Crippen LogP contribution in [0, 0.1) is 5.92 Å². The van der Waals surface area contributed by atoms with E-state index in [2.05, 4.69) is 34.1 Å². The van der Waals surface area contributed by atoms with E-state index in [-0.39, 0.29) is 30.6 Å². The van der Waals surface area contributed by atoms with Gasteiger partial charge in [-0.1, -0.05) is 0 Å². The smallest absolute Gasteiger partial charge is 0.474 e. The summed E-state index contributed by atoms with van der Waals surface area (Å²) in [5, 5.41) is 7.37. The Labute approximate surface area is 228 Å². The number of phosphoric acid groups is 1. The zero-order valence-electron chi connectivity index (χ0n) is 22.9. The summed E-state index contributed by atoms with van der Waals surface area (Å²) in [5.74, 6) is 0.780. The standard InChI is InChI=1S/C27H36N5O6P/c1-5-35-39(34,36-6-2)37-18-19-8-12-31(13-9-19)23-15-24-20(16-27(3,4)38-24)14-22(23)30-26(33)21-17-29-32-11-7-10-28-25(21)32/h7,10-11,14-15,17,19H,5-6,8-9,12-13,16,18H2,1-4H3,(H,30,33). The molecule has 5 rings (SSSR count). The van der Waals surface area contributed by atoms with Gasteiger partial charge in [-0.15, -0.1) is 0 Å². The van der Waals surface area contributed by atoms with Gasteiger partial charge in [0.05, 0.1) is 37.4 Å². The Morgan fingerprint density at radius 2 is 1.92 bits per heavy atom. The van der Waals surface area contributed by atoms with Crippen molar-refractivity contribution in [3.63, 3.8) is 0 Å². The second-order valence-corrected chi connectivity index (χ2v) is 12.1. The van der Waals surface area contributed by atoms with Gasteiger partial charge in [0.1, 0.15) is 16.9 Å². The summed E-state index contributed by atoms with van der Waals surface area (Å²) in [4.78, 5) is 19.9. The Hall–Kier alpha value is -2.98. The van der Waals surface area contributed by atoms with Gasteiger partial charge in [-0.25, -0.2) is 14.1 Å². The van der Waals surface area contributed by atoms with Gasteiger partial charge < -0.3 is 15.0 Å². The van der Waals surface area contributed by atoms with Gasteiger partial charge in [-0.05, 0) is 58.6 Å². The quantitative estimate of drug-likeness (QED) is 0.340. The Bertz CT molecular complexity index is 1370. The molecule has 39 heavy (non-hydrogen) atoms. The molecule has 4 heterocycles. The molecule has 0 unspecified atom stereocenters. The van der Waals surface area contributed by atoms with Crippen LogP contribution >= 0.6 is 7.82 Å². The molecule has 0 atom stereocenters. The summed E-state index contributed by atoms with van der Waals surface area (Å²) in [6.07, 6.45) is 7.34. The van der Waals surface area contributed by atoms with Gasteiger partial charge in [-0.2, -0.15) is 5.10 Å². The molecule has 0 saturated carbocycles. The lowest BCUT2D eigenvalue weighted by molar-refractivity contribution is 0.102. The lowest BCUT2D eigenvalue weighted by atomic mass is 9.96. The molecule has 2 aliphatic heterocycles. The summed E-state index contributed by atoms with van der Waals surface area (Å²) in [6, 6.07) is 5.82. The third-order valence-corrected chi connectivity index (χ3v) is 8.57. The molecule has 12 heteroatoms. The molecular weight excluding hydrogens is 521 g/mol. The fourth-order valence-corrected chi connectivity index (χ4v) is 6.39. The van der Waals surface area contributed by atoms with Crippen molar-refractivity contribution in [3.05, 3.63) is 47.9 Å². The van der Waals surface area contributed by atoms with E-state index in [1.165, 1.54) is 6.20 Å². The maximum absolute atomic E-state index is 13.4. The average molecular weight is 558 g/mol. The Morgan fingerprint density at radius 1 is 1.18 bits per heavy atom. The first-order valence-corrected chi connectivity index (χ1v) is 14.9. The zero-order valence-corrected chi connectivity index (χ0v) is 23.8. The third kappa shape index (κ3) is 6.11. The minimum absolute atomic E-state index is 0.211. The van der Waals surface area contributed by atoms with Crippen molar-refractivity contribution in [2.45, 2.75) is 52.6 Å². The van der Waals surface area contributed by atoms with Crippen LogP contribution in [0.4, 0.5) is 11.4 Å². The number of nitrogens with one attached hydrogen (secondary N) is 1. The van der Waals surface area contributed by atoms with Crippen LogP contribution in [0.3, 0.4) is 0 Å². The fraction of sp³-hybridized carbons (Fsp3) is 0.519. The minimum atomic E-state index is -3.54. The van der Waals surface area contributed by atoms with E-state index in [0.717, 1.165) is 55.0 Å². The molecule has 2 aromatic heterocycles. The highest BCUT2D eigenvalue weighted by molar-refractivity contribution is 7.48. The number of aromatic nitrogens is 3. The van der Waals surface area contributed by atoms with E-state index >= 15 is 0 Å². The van der Waals surface area contributed by atoms with Crippen LogP contribution in [-0.2, 0) is 24.6 Å². The molecule has 1 fully saturated rings. The largest absolute Gasteiger partial charge is 0.487 e. The summed E-state index contributed by atoms with van der Waals surface area (Å²) in [6.45, 7) is 9.94. The number of carbonyl (C=O) groups excluding carboxylic acids is 1. The van der Waals surface area contributed by atoms with E-state index in [1.807, 2.05) is 12.1 Å². The highest BCUT2D eigenvalue weighted by Crippen LogP contribution is 2.50. The maximum Gasteiger partial charge on any atom is 0.474 e. The van der Waals surface area contributed by atoms with Crippen molar-refractivity contribution in [1.82, 2.24) is 14.6 Å². The fourth-order valence-electron chi connectivity index (χ4n) is 5.14. The van der Waals surface area contributed by atoms with Crippen molar-refractivity contribution >= 4 is 30.8 Å². The van der Waals surface area contributed by atoms with Crippen molar-refractivity contribution in [2.75, 3.05) is 43.1 Å². The molecular formula is C27H36N5O6P. The van der Waals surface area contributed by atoms with Gasteiger partial charge in [0.2, 0.25) is 0 Å². The summed E-state index contributed by atoms with van der Waals surface area (Å²) in [7, 11) is -3.54. The number of carbonyl (C=O) groups is 1. The lowest BCUT2D eigenvalue weighted by Gasteiger charge is -2.35. The molecule has 0 aliphatic carbocycles. The van der Waals surface area contributed by atoms with Crippen LogP contribution in [-0.4, -0.2) is 59.0 Å². The molecule has 1 saturated heterocycles. The number of rotatable bonds is 10. The Balaban J connectivity index is 1.33. The normalized spacial score (nSPS) is 17.3. The van der Waals surface area contributed by atoms with Crippen molar-refractivity contribution in [1.29, 1.82) is 0 Å². The molecule has 1 N–H and O–H groups in total. The molecule has 2 aliphatic rings. The average Bonchev–Trinajstić information content (AvgIpc) is 3.47. The predicted octanol–water partition coefficient (Wildman–Crippen LogP) is 5.11. The molecule has 1 aromatic carbocycles. The van der Waals surface area contributed by atoms with Crippen LogP contribution in [0.25, 0.3) is 5.65 Å². The van der Waals surface area contributed by atoms with Crippen molar-refractivity contribution in [3.8, 4) is 5.75 Å². The van der Waals surface area contributed by atoms with Gasteiger partial charge in [0.25, 0.3) is 5.91 Å². The molecule has 3 aromatic rings. The van der Waals surface area contributed by atoms with Crippen LogP contribution in [0.1, 0.15) is 56.5 Å². The second kappa shape index (κ2) is 11.3.